The molecule has 9 N–H and O–H groups in total. The summed E-state index contributed by atoms with van der Waals surface area (Å²) >= 11 is 6.84. The lowest BCUT2D eigenvalue weighted by Crippen LogP contribution is -2.32. The molecule has 17 aromatic carbocycles. The maximum Gasteiger partial charge on any atom is 0.491 e. The van der Waals surface area contributed by atoms with Crippen molar-refractivity contribution < 1.29 is 83.4 Å². The maximum atomic E-state index is 15.0. The van der Waals surface area contributed by atoms with Crippen LogP contribution in [-0.2, 0) is 30.8 Å². The number of anilines is 1. The first-order chi connectivity index (χ1) is 69.7. The molecular weight excluding hydrogens is 1920 g/mol. The number of hydrogen-bond donors (Lipinski definition) is 8. The number of hydrogen-bond acceptors (Lipinski definition) is 12. The number of halogens is 7. The summed E-state index contributed by atoms with van der Waals surface area (Å²) in [5.74, 6) is -4.01. The molecule has 28 heteroatoms. The summed E-state index contributed by atoms with van der Waals surface area (Å²) in [6.45, 7) is 6.47. The first-order valence-corrected chi connectivity index (χ1v) is 45.4. The van der Waals surface area contributed by atoms with E-state index in [1.54, 1.807) is 42.5 Å². The van der Waals surface area contributed by atoms with E-state index in [0.717, 1.165) is 129 Å². The smallest absolute Gasteiger partial charge is 0.477 e. The van der Waals surface area contributed by atoms with Crippen LogP contribution in [0.15, 0.2) is 388 Å². The number of rotatable bonds is 11. The number of nitrogen functional groups attached to an aromatic ring is 1. The first kappa shape index (κ1) is 102. The summed E-state index contributed by atoms with van der Waals surface area (Å²) in [5.41, 5.74) is 16.7. The molecule has 4 radical (unpaired) electrons. The number of carboxylic acids is 1. The van der Waals surface area contributed by atoms with Crippen LogP contribution in [0, 0.1) is 17.5 Å². The average molecular weight is 2020 g/mol. The van der Waals surface area contributed by atoms with Gasteiger partial charge in [-0.2, -0.15) is 0 Å². The number of esters is 4. The van der Waals surface area contributed by atoms with Crippen molar-refractivity contribution in [3.8, 4) is 22.3 Å². The number of alkyl halides is 1. The highest BCUT2D eigenvalue weighted by Crippen LogP contribution is 2.43. The molecule has 5 heterocycles. The minimum absolute atomic E-state index is 0.0949. The summed E-state index contributed by atoms with van der Waals surface area (Å²) < 4.78 is 90.2. The number of methoxy groups -OCH3 is 4. The Kier molecular flexibility index (Phi) is 36.2. The van der Waals surface area contributed by atoms with E-state index < -0.39 is 30.8 Å². The van der Waals surface area contributed by atoms with E-state index in [0.29, 0.717) is 45.9 Å². The van der Waals surface area contributed by atoms with Gasteiger partial charge in [-0.05, 0) is 164 Å². The van der Waals surface area contributed by atoms with E-state index in [9.17, 15) is 32.8 Å². The monoisotopic (exact) mass is 2010 g/mol. The molecule has 0 aliphatic rings. The van der Waals surface area contributed by atoms with Gasteiger partial charge in [0.1, 0.15) is 45.9 Å². The Morgan fingerprint density at radius 3 is 1.23 bits per heavy atom. The lowest BCUT2D eigenvalue weighted by molar-refractivity contribution is 0.0582. The van der Waals surface area contributed by atoms with Crippen LogP contribution in [0.2, 0.25) is 0 Å². The van der Waals surface area contributed by atoms with E-state index >= 15 is 4.39 Å². The Bertz CT molecular complexity index is 8160. The van der Waals surface area contributed by atoms with Crippen LogP contribution in [0.3, 0.4) is 0 Å². The highest BCUT2D eigenvalue weighted by atomic mass is 79.9. The molecule has 0 spiro atoms. The number of carboxylic acid groups (broad SMARTS) is 1. The minimum Gasteiger partial charge on any atom is -0.477 e. The van der Waals surface area contributed by atoms with Gasteiger partial charge in [-0.15, -0.1) is 13.2 Å². The molecule has 0 aliphatic carbocycles. The molecule has 0 fully saturated rings. The van der Waals surface area contributed by atoms with Crippen molar-refractivity contribution in [1.82, 2.24) is 24.5 Å². The zero-order chi connectivity index (χ0) is 103. The number of aromatic nitrogens is 5. The molecule has 22 rings (SSSR count). The number of fused-ring (bicyclic) bond motifs is 16. The summed E-state index contributed by atoms with van der Waals surface area (Å²) in [5, 5.41) is 44.7. The number of aromatic carboxylic acids is 1. The molecule has 0 unspecified atom stereocenters. The lowest BCUT2D eigenvalue weighted by atomic mass is 9.80. The fourth-order valence-electron chi connectivity index (χ4n) is 16.2. The summed E-state index contributed by atoms with van der Waals surface area (Å²) in [6.07, 6.45) is 0. The van der Waals surface area contributed by atoms with Crippen molar-refractivity contribution in [2.24, 2.45) is 0 Å². The number of H-pyrrole nitrogens is 4. The number of nitrogens with zero attached hydrogens (tertiary/aromatic N) is 1. The highest BCUT2D eigenvalue weighted by Gasteiger charge is 2.29. The van der Waals surface area contributed by atoms with Gasteiger partial charge < -0.3 is 64.3 Å². The van der Waals surface area contributed by atoms with Crippen LogP contribution >= 0.6 is 31.9 Å². The molecule has 0 saturated heterocycles. The molecule has 141 heavy (non-hydrogen) atoms. The number of carbonyl (C=O) groups is 5. The number of benzene rings is 17. The number of carbonyl (C=O) groups excluding carboxylic acids is 4. The first-order valence-electron chi connectivity index (χ1n) is 44.5. The SMILES string of the molecule is BrCc1ccccc1.C=C.COC(=O)c1[nH]c2ccc3ccccc3c2c1-c1ccccc1F.COC(=O)c1[nH]c2ccc3ccccc3c2c1Br.COC(=O)c1c(-c2ccccc2F)c2c3ccccc3ccc2n1Cc1ccccc1.COC(=O)c1cc2c(ccc3ccccc32)[nH]1.FF.Nc1ccc2ccccc2c1.O=C(O)c1cc2c(ccc3ccccc32)[nH]1.OB(O)c1ccccc1F.[2H][2H].[B][B]. The van der Waals surface area contributed by atoms with Crippen LogP contribution in [0.1, 0.15) is 66.5 Å². The van der Waals surface area contributed by atoms with Crippen molar-refractivity contribution in [3.63, 3.8) is 0 Å². The van der Waals surface area contributed by atoms with Crippen LogP contribution in [0.25, 0.3) is 141 Å². The van der Waals surface area contributed by atoms with Crippen LogP contribution < -0.4 is 11.2 Å². The third kappa shape index (κ3) is 24.2. The summed E-state index contributed by atoms with van der Waals surface area (Å²) in [6, 6.07) is 116. The maximum absolute atomic E-state index is 15.0. The normalized spacial score (nSPS) is 10.4. The lowest BCUT2D eigenvalue weighted by Gasteiger charge is -2.11. The van der Waals surface area contributed by atoms with Crippen LogP contribution in [-0.4, -0.2) is 121 Å². The average Bonchev–Trinajstić information content (AvgIpc) is 1.54. The topological polar surface area (TPSA) is 277 Å². The second-order valence-electron chi connectivity index (χ2n) is 30.8. The van der Waals surface area contributed by atoms with Crippen molar-refractivity contribution >= 4 is 215 Å². The van der Waals surface area contributed by atoms with Gasteiger partial charge in [0.25, 0.3) is 0 Å². The van der Waals surface area contributed by atoms with Gasteiger partial charge in [0.15, 0.2) is 0 Å². The van der Waals surface area contributed by atoms with Crippen LogP contribution in [0.5, 0.6) is 0 Å². The molecule has 0 saturated carbocycles. The van der Waals surface area contributed by atoms with Gasteiger partial charge in [0, 0.05) is 122 Å². The van der Waals surface area contributed by atoms with Crippen LogP contribution in [0.4, 0.5) is 28.0 Å². The van der Waals surface area contributed by atoms with Crippen molar-refractivity contribution in [2.45, 2.75) is 11.9 Å². The Hall–Kier alpha value is -16.4. The standard InChI is InChI=1S/C27H20FNO2.C20H14FNO2.C14H10BrNO2.C14H11NO2.C13H9NO2.C10H9N.C7H7Br.C6H6BFO2.C2H4.B2.F2.H2/c1-31-27(30)26-25(21-13-7-8-14-22(21)28)24-20-12-6-5-11-19(20)15-16-23(24)29(26)17-18-9-3-2-4-10-18;1-24-20(23)19-18(14-8-4-5-9-15(14)21)17-13-7-3-2-6-12(13)10-11-16(17)22-19;1-18-14(17)13-12(15)11-9-5-3-2-4-8(9)6-7-10(11)16-13;1-17-14(16)13-8-11-10-5-3-2-4-9(10)6-7-12(11)15-13;15-13(16)12-7-10-9-4-2-1-3-8(9)5-6-11(10)14-12;11-10-6-5-8-3-1-2-4-9(8)7-10;8-6-7-4-2-1-3-5-7;8-6-4-2-1-3-5(6)7(9)10;3*1-2;/h2-16H,17H2,1H3;2-11,22H,1H3;2-7,16H,1H3;2-8,15H,1H3;1-7,14H,(H,15,16);1-7H,11H2;1-5H,6H2;1-4,9-10H;1-2H2;;;1H/i;;;;;;;;;;;1+1D. The molecular formula is C113H92B3Br2F5N6O12. The molecule has 0 aliphatic heterocycles. The fourth-order valence-corrected chi connectivity index (χ4v) is 17.2. The molecule has 18 nitrogen and oxygen atoms in total. The number of nitrogens with two attached hydrogens (primary N) is 1. The second-order valence-corrected chi connectivity index (χ2v) is 32.2. The highest BCUT2D eigenvalue weighted by molar-refractivity contribution is 9.10. The second kappa shape index (κ2) is 50.1. The zero-order valence-electron chi connectivity index (χ0n) is 78.5. The predicted molar refractivity (Wildman–Crippen MR) is 570 cm³/mol. The molecule has 704 valence electrons. The molecule has 0 atom stereocenters. The Morgan fingerprint density at radius 1 is 0.390 bits per heavy atom. The van der Waals surface area contributed by atoms with Gasteiger partial charge in [0.2, 0.25) is 0 Å². The Labute approximate surface area is 830 Å². The van der Waals surface area contributed by atoms with Crippen molar-refractivity contribution in [3.05, 3.63) is 445 Å². The Balaban J connectivity index is 0.000000159. The predicted octanol–water partition coefficient (Wildman–Crippen LogP) is 27.0. The van der Waals surface area contributed by atoms with Gasteiger partial charge >= 0.3 is 37.0 Å². The van der Waals surface area contributed by atoms with E-state index in [4.69, 9.17) is 52.0 Å². The van der Waals surface area contributed by atoms with E-state index in [-0.39, 0.29) is 40.4 Å². The van der Waals surface area contributed by atoms with Gasteiger partial charge in [-0.25, -0.2) is 37.1 Å². The van der Waals surface area contributed by atoms with Gasteiger partial charge in [0.05, 0.1) is 38.4 Å². The number of aromatic amines is 4. The van der Waals surface area contributed by atoms with E-state index in [1.165, 1.54) is 81.2 Å². The largest absolute Gasteiger partial charge is 0.491 e. The van der Waals surface area contributed by atoms with Gasteiger partial charge in [-0.1, -0.05) is 313 Å². The third-order valence-corrected chi connectivity index (χ3v) is 24.0. The number of ether oxygens (including phenoxy) is 4. The fraction of sp³-hybridized carbons (Fsp3) is 0.0531. The minimum atomic E-state index is -1.72. The zero-order valence-corrected chi connectivity index (χ0v) is 79.6. The summed E-state index contributed by atoms with van der Waals surface area (Å²) in [7, 11) is 11.7. The Morgan fingerprint density at radius 2 is 0.759 bits per heavy atom. The van der Waals surface area contributed by atoms with E-state index in [2.05, 4.69) is 111 Å². The van der Waals surface area contributed by atoms with Crippen molar-refractivity contribution in [1.29, 1.82) is 0 Å². The van der Waals surface area contributed by atoms with Crippen molar-refractivity contribution in [2.75, 3.05) is 34.2 Å². The molecule has 22 aromatic rings. The quantitative estimate of drug-likeness (QED) is 0.0114. The molecule has 0 amide bonds. The third-order valence-electron chi connectivity index (χ3n) is 22.5. The van der Waals surface area contributed by atoms with E-state index in [1.807, 2.05) is 265 Å². The van der Waals surface area contributed by atoms with Gasteiger partial charge in [-0.3, -0.25) is 0 Å². The molecule has 5 aromatic heterocycles. The molecule has 0 bridgehead atoms. The number of nitrogens with one attached hydrogen (secondary N) is 4. The summed E-state index contributed by atoms with van der Waals surface area (Å²) in [4.78, 5) is 71.4.